The summed E-state index contributed by atoms with van der Waals surface area (Å²) >= 11 is 7.61. The molecule has 0 aliphatic heterocycles. The molecule has 0 aliphatic carbocycles. The number of non-ortho nitro benzene ring substituents is 1. The van der Waals surface area contributed by atoms with E-state index in [0.29, 0.717) is 5.69 Å². The van der Waals surface area contributed by atoms with Gasteiger partial charge in [-0.1, -0.05) is 23.7 Å². The number of hydrogen-bond donors (Lipinski definition) is 1. The number of amides is 1. The van der Waals surface area contributed by atoms with Crippen LogP contribution in [0.15, 0.2) is 66.7 Å². The number of nitrogens with one attached hydrogen (secondary N) is 1. The van der Waals surface area contributed by atoms with Gasteiger partial charge in [-0.3, -0.25) is 14.9 Å². The summed E-state index contributed by atoms with van der Waals surface area (Å²) in [7, 11) is 0. The molecule has 138 valence electrons. The first-order valence-electron chi connectivity index (χ1n) is 8.22. The molecule has 0 saturated heterocycles. The van der Waals surface area contributed by atoms with Crippen molar-refractivity contribution >= 4 is 50.4 Å². The molecule has 0 radical (unpaired) electrons. The third-order valence-electron chi connectivity index (χ3n) is 4.09. The second-order valence-electron chi connectivity index (χ2n) is 5.94. The van der Waals surface area contributed by atoms with Crippen LogP contribution in [-0.4, -0.2) is 15.8 Å². The maximum atomic E-state index is 12.5. The minimum absolute atomic E-state index is 0.0473. The van der Waals surface area contributed by atoms with E-state index in [1.807, 2.05) is 36.4 Å². The Morgan fingerprint density at radius 2 is 1.82 bits per heavy atom. The zero-order valence-electron chi connectivity index (χ0n) is 14.3. The number of aromatic nitrogens is 1. The van der Waals surface area contributed by atoms with Crippen LogP contribution in [-0.2, 0) is 0 Å². The van der Waals surface area contributed by atoms with Crippen LogP contribution in [0.3, 0.4) is 0 Å². The molecular formula is C20H12ClN3O3S. The highest BCUT2D eigenvalue weighted by atomic mass is 35.5. The van der Waals surface area contributed by atoms with E-state index in [2.05, 4.69) is 10.3 Å². The van der Waals surface area contributed by atoms with E-state index in [4.69, 9.17) is 11.6 Å². The highest BCUT2D eigenvalue weighted by Gasteiger charge is 2.16. The summed E-state index contributed by atoms with van der Waals surface area (Å²) in [6, 6.07) is 18.9. The molecule has 0 saturated carbocycles. The van der Waals surface area contributed by atoms with Crippen LogP contribution in [0.4, 0.5) is 11.4 Å². The van der Waals surface area contributed by atoms with Gasteiger partial charge in [0.25, 0.3) is 11.6 Å². The molecule has 0 bridgehead atoms. The van der Waals surface area contributed by atoms with Gasteiger partial charge in [0.15, 0.2) is 0 Å². The van der Waals surface area contributed by atoms with Gasteiger partial charge in [-0.15, -0.1) is 11.3 Å². The summed E-state index contributed by atoms with van der Waals surface area (Å²) in [5.41, 5.74) is 2.29. The monoisotopic (exact) mass is 409 g/mol. The van der Waals surface area contributed by atoms with E-state index in [-0.39, 0.29) is 16.3 Å². The van der Waals surface area contributed by atoms with Gasteiger partial charge in [0, 0.05) is 23.4 Å². The number of nitrogens with zero attached hydrogens (tertiary/aromatic N) is 2. The lowest BCUT2D eigenvalue weighted by Gasteiger charge is -2.07. The number of rotatable bonds is 4. The van der Waals surface area contributed by atoms with Crippen LogP contribution in [0.2, 0.25) is 5.02 Å². The molecule has 8 heteroatoms. The van der Waals surface area contributed by atoms with Crippen LogP contribution >= 0.6 is 22.9 Å². The Labute approximate surface area is 168 Å². The number of thiazole rings is 1. The number of nitro groups is 1. The van der Waals surface area contributed by atoms with Crippen molar-refractivity contribution in [3.05, 3.63) is 87.4 Å². The number of carbonyl (C=O) groups excluding carboxylic acids is 1. The molecule has 0 fully saturated rings. The Balaban J connectivity index is 1.55. The minimum Gasteiger partial charge on any atom is -0.322 e. The van der Waals surface area contributed by atoms with Crippen molar-refractivity contribution < 1.29 is 9.72 Å². The smallest absolute Gasteiger partial charge is 0.270 e. The Kier molecular flexibility index (Phi) is 4.77. The molecule has 6 nitrogen and oxygen atoms in total. The number of fused-ring (bicyclic) bond motifs is 1. The number of benzene rings is 3. The van der Waals surface area contributed by atoms with Crippen molar-refractivity contribution in [2.75, 3.05) is 5.32 Å². The number of halogens is 1. The Bertz CT molecular complexity index is 1170. The van der Waals surface area contributed by atoms with Crippen LogP contribution in [0, 0.1) is 10.1 Å². The Hall–Kier alpha value is -3.29. The average molecular weight is 410 g/mol. The number of para-hydroxylation sites is 1. The summed E-state index contributed by atoms with van der Waals surface area (Å²) in [6.07, 6.45) is 0. The van der Waals surface area contributed by atoms with Crippen LogP contribution in [0.1, 0.15) is 10.4 Å². The van der Waals surface area contributed by atoms with Gasteiger partial charge in [0.05, 0.1) is 25.7 Å². The van der Waals surface area contributed by atoms with Gasteiger partial charge in [-0.25, -0.2) is 4.98 Å². The summed E-state index contributed by atoms with van der Waals surface area (Å²) in [4.78, 5) is 27.4. The fraction of sp³-hybridized carbons (Fsp3) is 0. The number of carbonyl (C=O) groups is 1. The lowest BCUT2D eigenvalue weighted by molar-refractivity contribution is -0.384. The SMILES string of the molecule is O=C(Nc1ccc(-c2nc3ccccc3s2)cc1)c1cc([N+](=O)[O-])ccc1Cl. The number of anilines is 1. The first-order valence-corrected chi connectivity index (χ1v) is 9.42. The third-order valence-corrected chi connectivity index (χ3v) is 5.50. The van der Waals surface area contributed by atoms with E-state index in [1.165, 1.54) is 12.1 Å². The van der Waals surface area contributed by atoms with Crippen molar-refractivity contribution in [2.24, 2.45) is 0 Å². The largest absolute Gasteiger partial charge is 0.322 e. The third kappa shape index (κ3) is 3.58. The molecular weight excluding hydrogens is 398 g/mol. The molecule has 4 rings (SSSR count). The average Bonchev–Trinajstić information content (AvgIpc) is 3.13. The van der Waals surface area contributed by atoms with Crippen LogP contribution < -0.4 is 5.32 Å². The van der Waals surface area contributed by atoms with Crippen LogP contribution in [0.25, 0.3) is 20.8 Å². The highest BCUT2D eigenvalue weighted by molar-refractivity contribution is 7.21. The van der Waals surface area contributed by atoms with E-state index in [0.717, 1.165) is 26.9 Å². The lowest BCUT2D eigenvalue weighted by atomic mass is 10.1. The summed E-state index contributed by atoms with van der Waals surface area (Å²) in [5, 5.41) is 14.7. The summed E-state index contributed by atoms with van der Waals surface area (Å²) in [6.45, 7) is 0. The van der Waals surface area contributed by atoms with Gasteiger partial charge in [-0.05, 0) is 42.5 Å². The van der Waals surface area contributed by atoms with E-state index >= 15 is 0 Å². The first kappa shape index (κ1) is 18.1. The predicted molar refractivity (Wildman–Crippen MR) is 111 cm³/mol. The molecule has 0 spiro atoms. The predicted octanol–water partition coefficient (Wildman–Crippen LogP) is 5.78. The highest BCUT2D eigenvalue weighted by Crippen LogP contribution is 2.31. The Morgan fingerprint density at radius 1 is 1.07 bits per heavy atom. The Morgan fingerprint density at radius 3 is 2.54 bits per heavy atom. The molecule has 0 aliphatic rings. The van der Waals surface area contributed by atoms with Crippen molar-refractivity contribution in [3.8, 4) is 10.6 Å². The second-order valence-corrected chi connectivity index (χ2v) is 7.38. The van der Waals surface area contributed by atoms with Gasteiger partial charge in [0.2, 0.25) is 0 Å². The van der Waals surface area contributed by atoms with Gasteiger partial charge in [0.1, 0.15) is 5.01 Å². The number of hydrogen-bond acceptors (Lipinski definition) is 5. The summed E-state index contributed by atoms with van der Waals surface area (Å²) in [5.74, 6) is -0.513. The van der Waals surface area contributed by atoms with E-state index in [9.17, 15) is 14.9 Å². The van der Waals surface area contributed by atoms with Crippen molar-refractivity contribution in [1.82, 2.24) is 4.98 Å². The van der Waals surface area contributed by atoms with Gasteiger partial charge in [-0.2, -0.15) is 0 Å². The van der Waals surface area contributed by atoms with Gasteiger partial charge >= 0.3 is 0 Å². The molecule has 0 atom stereocenters. The minimum atomic E-state index is -0.570. The lowest BCUT2D eigenvalue weighted by Crippen LogP contribution is -2.12. The molecule has 1 aromatic heterocycles. The topological polar surface area (TPSA) is 85.1 Å². The first-order chi connectivity index (χ1) is 13.5. The maximum Gasteiger partial charge on any atom is 0.270 e. The molecule has 1 heterocycles. The molecule has 1 amide bonds. The standard InChI is InChI=1S/C20H12ClN3O3S/c21-16-10-9-14(24(26)27)11-15(16)19(25)22-13-7-5-12(6-8-13)20-23-17-3-1-2-4-18(17)28-20/h1-11H,(H,22,25). The van der Waals surface area contributed by atoms with Crippen molar-refractivity contribution in [3.63, 3.8) is 0 Å². The van der Waals surface area contributed by atoms with E-state index < -0.39 is 10.8 Å². The fourth-order valence-electron chi connectivity index (χ4n) is 2.69. The molecule has 0 unspecified atom stereocenters. The van der Waals surface area contributed by atoms with Gasteiger partial charge < -0.3 is 5.32 Å². The fourth-order valence-corrected chi connectivity index (χ4v) is 3.87. The van der Waals surface area contributed by atoms with Crippen molar-refractivity contribution in [1.29, 1.82) is 0 Å². The molecule has 1 N–H and O–H groups in total. The second kappa shape index (κ2) is 7.38. The molecule has 28 heavy (non-hydrogen) atoms. The quantitative estimate of drug-likeness (QED) is 0.342. The van der Waals surface area contributed by atoms with E-state index in [1.54, 1.807) is 23.5 Å². The normalized spacial score (nSPS) is 10.8. The zero-order chi connectivity index (χ0) is 19.7. The maximum absolute atomic E-state index is 12.5. The number of nitro benzene ring substituents is 1. The zero-order valence-corrected chi connectivity index (χ0v) is 15.8. The van der Waals surface area contributed by atoms with Crippen LogP contribution in [0.5, 0.6) is 0 Å². The summed E-state index contributed by atoms with van der Waals surface area (Å²) < 4.78 is 1.11. The molecule has 3 aromatic carbocycles. The van der Waals surface area contributed by atoms with Crippen molar-refractivity contribution in [2.45, 2.75) is 0 Å². The molecule has 4 aromatic rings.